The number of nitriles is 1. The Morgan fingerprint density at radius 1 is 0.421 bits per heavy atom. The van der Waals surface area contributed by atoms with Gasteiger partial charge < -0.3 is 14.0 Å². The van der Waals surface area contributed by atoms with E-state index >= 15 is 0 Å². The Hall–Kier alpha value is -7.56. The summed E-state index contributed by atoms with van der Waals surface area (Å²) in [5.74, 6) is 0. The first-order chi connectivity index (χ1) is 27.9. The lowest BCUT2D eigenvalue weighted by Crippen LogP contribution is -2.09. The first-order valence-corrected chi connectivity index (χ1v) is 18.6. The smallest absolute Gasteiger partial charge is 0.310 e. The van der Waals surface area contributed by atoms with Crippen molar-refractivity contribution in [2.45, 2.75) is 6.18 Å². The van der Waals surface area contributed by atoms with E-state index in [1.165, 1.54) is 6.07 Å². The lowest BCUT2D eigenvalue weighted by atomic mass is 9.96. The summed E-state index contributed by atoms with van der Waals surface area (Å²) in [6.45, 7) is 0. The van der Waals surface area contributed by atoms with Crippen LogP contribution in [0.2, 0.25) is 0 Å². The molecule has 4 nitrogen and oxygen atoms in total. The molecule has 57 heavy (non-hydrogen) atoms. The van der Waals surface area contributed by atoms with E-state index in [1.54, 1.807) is 18.2 Å². The molecule has 0 aliphatic carbocycles. The number of benzene rings is 8. The van der Waals surface area contributed by atoms with E-state index in [9.17, 15) is 18.4 Å². The molecule has 0 amide bonds. The van der Waals surface area contributed by atoms with Crippen LogP contribution in [0.4, 0.5) is 30.2 Å². The van der Waals surface area contributed by atoms with Gasteiger partial charge in [0.25, 0.3) is 0 Å². The van der Waals surface area contributed by atoms with E-state index in [1.807, 2.05) is 108 Å². The van der Waals surface area contributed by atoms with Crippen LogP contribution in [-0.4, -0.2) is 9.13 Å². The zero-order chi connectivity index (χ0) is 38.7. The molecule has 272 valence electrons. The highest BCUT2D eigenvalue weighted by atomic mass is 19.4. The third-order valence-corrected chi connectivity index (χ3v) is 10.7. The average molecular weight is 745 g/mol. The highest BCUT2D eigenvalue weighted by Crippen LogP contribution is 2.45. The minimum absolute atomic E-state index is 0.339. The Morgan fingerprint density at radius 3 is 1.40 bits per heavy atom. The van der Waals surface area contributed by atoms with Crippen LogP contribution in [0.25, 0.3) is 66.1 Å². The fourth-order valence-corrected chi connectivity index (χ4v) is 8.28. The van der Waals surface area contributed by atoms with E-state index in [4.69, 9.17) is 0 Å². The van der Waals surface area contributed by atoms with Gasteiger partial charge in [0.2, 0.25) is 0 Å². The van der Waals surface area contributed by atoms with Crippen molar-refractivity contribution in [3.63, 3.8) is 0 Å². The molecule has 0 fully saturated rings. The monoisotopic (exact) mass is 744 g/mol. The largest absolute Gasteiger partial charge is 0.416 e. The van der Waals surface area contributed by atoms with Crippen LogP contribution >= 0.6 is 0 Å². The number of halogens is 3. The van der Waals surface area contributed by atoms with Crippen molar-refractivity contribution in [2.24, 2.45) is 0 Å². The summed E-state index contributed by atoms with van der Waals surface area (Å²) in [6.07, 6.45) is -4.61. The number of nitrogens with zero attached hydrogens (tertiary/aromatic N) is 4. The van der Waals surface area contributed by atoms with Gasteiger partial charge in [0, 0.05) is 49.7 Å². The maximum Gasteiger partial charge on any atom is 0.416 e. The second kappa shape index (κ2) is 13.3. The third kappa shape index (κ3) is 5.61. The Balaban J connectivity index is 1.27. The fraction of sp³-hybridized carbons (Fsp3) is 0.0200. The predicted molar refractivity (Wildman–Crippen MR) is 225 cm³/mol. The SMILES string of the molecule is N#Cc1ccc(-n2c3ccccc3c3ccccc32)c(-c2cc(C(F)(F)F)ccc2-n2c3ccccc3c3cc(N(c4ccccc4)c4ccccc4)ccc32)c1. The first kappa shape index (κ1) is 34.0. The topological polar surface area (TPSA) is 36.9 Å². The number of para-hydroxylation sites is 5. The summed E-state index contributed by atoms with van der Waals surface area (Å²) >= 11 is 0. The molecule has 10 rings (SSSR count). The fourth-order valence-electron chi connectivity index (χ4n) is 8.28. The highest BCUT2D eigenvalue weighted by Gasteiger charge is 2.32. The molecule has 0 bridgehead atoms. The van der Waals surface area contributed by atoms with E-state index in [0.717, 1.165) is 66.7 Å². The van der Waals surface area contributed by atoms with E-state index < -0.39 is 11.7 Å². The van der Waals surface area contributed by atoms with Gasteiger partial charge in [-0.3, -0.25) is 0 Å². The summed E-state index contributed by atoms with van der Waals surface area (Å²) in [4.78, 5) is 2.19. The van der Waals surface area contributed by atoms with Crippen molar-refractivity contribution in [3.05, 3.63) is 199 Å². The minimum atomic E-state index is -4.61. The minimum Gasteiger partial charge on any atom is -0.310 e. The molecule has 0 saturated carbocycles. The summed E-state index contributed by atoms with van der Waals surface area (Å²) in [7, 11) is 0. The van der Waals surface area contributed by atoms with Gasteiger partial charge in [0.15, 0.2) is 0 Å². The molecule has 0 aliphatic heterocycles. The maximum absolute atomic E-state index is 14.7. The van der Waals surface area contributed by atoms with Crippen LogP contribution in [0.1, 0.15) is 11.1 Å². The number of rotatable bonds is 6. The van der Waals surface area contributed by atoms with Crippen molar-refractivity contribution in [2.75, 3.05) is 4.90 Å². The Bertz CT molecular complexity index is 3100. The standard InChI is InChI=1S/C50H31F3N4/c51-50(52,53)34-24-27-48(42(30-34)41-29-33(32-54)23-26-47(41)56-44-20-10-7-17-38(44)39-18-8-11-21-45(39)56)57-46-22-12-9-19-40(46)43-31-37(25-28-49(43)57)55(35-13-3-1-4-14-35)36-15-5-2-6-16-36/h1-31H. The van der Waals surface area contributed by atoms with Crippen LogP contribution < -0.4 is 4.90 Å². The second-order valence-electron chi connectivity index (χ2n) is 14.0. The molecule has 7 heteroatoms. The Kier molecular flexibility index (Phi) is 7.94. The molecule has 0 unspecified atom stereocenters. The molecular weight excluding hydrogens is 714 g/mol. The van der Waals surface area contributed by atoms with Crippen LogP contribution in [0, 0.1) is 11.3 Å². The van der Waals surface area contributed by atoms with Crippen molar-refractivity contribution < 1.29 is 13.2 Å². The molecule has 8 aromatic carbocycles. The maximum atomic E-state index is 14.7. The van der Waals surface area contributed by atoms with E-state index in [-0.39, 0.29) is 0 Å². The van der Waals surface area contributed by atoms with E-state index in [2.05, 4.69) is 70.1 Å². The van der Waals surface area contributed by atoms with Crippen LogP contribution in [0.5, 0.6) is 0 Å². The third-order valence-electron chi connectivity index (χ3n) is 10.7. The van der Waals surface area contributed by atoms with Crippen molar-refractivity contribution in [1.29, 1.82) is 5.26 Å². The Morgan fingerprint density at radius 2 is 0.877 bits per heavy atom. The Labute approximate surface area is 326 Å². The lowest BCUT2D eigenvalue weighted by molar-refractivity contribution is -0.137. The van der Waals surface area contributed by atoms with Gasteiger partial charge in [-0.2, -0.15) is 18.4 Å². The zero-order valence-electron chi connectivity index (χ0n) is 30.3. The molecule has 0 N–H and O–H groups in total. The average Bonchev–Trinajstić information content (AvgIpc) is 3.76. The highest BCUT2D eigenvalue weighted by molar-refractivity contribution is 6.12. The van der Waals surface area contributed by atoms with Gasteiger partial charge >= 0.3 is 6.18 Å². The number of hydrogen-bond donors (Lipinski definition) is 0. The van der Waals surface area contributed by atoms with Gasteiger partial charge in [0.05, 0.1) is 50.6 Å². The number of anilines is 3. The van der Waals surface area contributed by atoms with Crippen molar-refractivity contribution >= 4 is 60.7 Å². The van der Waals surface area contributed by atoms with Crippen LogP contribution in [-0.2, 0) is 6.18 Å². The number of fused-ring (bicyclic) bond motifs is 6. The quantitative estimate of drug-likeness (QED) is 0.170. The summed E-state index contributed by atoms with van der Waals surface area (Å²) < 4.78 is 48.3. The molecule has 2 heterocycles. The zero-order valence-corrected chi connectivity index (χ0v) is 30.3. The summed E-state index contributed by atoms with van der Waals surface area (Å²) in [5.41, 5.74) is 8.04. The second-order valence-corrected chi connectivity index (χ2v) is 14.0. The van der Waals surface area contributed by atoms with Gasteiger partial charge in [-0.05, 0) is 97.1 Å². The molecule has 0 radical (unpaired) electrons. The van der Waals surface area contributed by atoms with Gasteiger partial charge in [-0.1, -0.05) is 91.0 Å². The summed E-state index contributed by atoms with van der Waals surface area (Å²) in [5, 5.41) is 14.1. The molecule has 0 spiro atoms. The first-order valence-electron chi connectivity index (χ1n) is 18.6. The molecule has 0 saturated heterocycles. The van der Waals surface area contributed by atoms with Crippen molar-refractivity contribution in [1.82, 2.24) is 9.13 Å². The predicted octanol–water partition coefficient (Wildman–Crippen LogP) is 13.9. The van der Waals surface area contributed by atoms with Gasteiger partial charge in [-0.25, -0.2) is 0 Å². The number of alkyl halides is 3. The lowest BCUT2D eigenvalue weighted by Gasteiger charge is -2.25. The molecular formula is C50H31F3N4. The van der Waals surface area contributed by atoms with Crippen LogP contribution in [0.15, 0.2) is 188 Å². The van der Waals surface area contributed by atoms with Gasteiger partial charge in [0.1, 0.15) is 0 Å². The van der Waals surface area contributed by atoms with Gasteiger partial charge in [-0.15, -0.1) is 0 Å². The van der Waals surface area contributed by atoms with Crippen molar-refractivity contribution in [3.8, 4) is 28.6 Å². The molecule has 10 aromatic rings. The molecule has 2 aromatic heterocycles. The van der Waals surface area contributed by atoms with Crippen LogP contribution in [0.3, 0.4) is 0 Å². The normalized spacial score (nSPS) is 11.8. The number of hydrogen-bond acceptors (Lipinski definition) is 2. The molecule has 0 aliphatic rings. The summed E-state index contributed by atoms with van der Waals surface area (Å²) in [6, 6.07) is 62.0. The van der Waals surface area contributed by atoms with E-state index in [0.29, 0.717) is 28.1 Å². The number of aromatic nitrogens is 2. The molecule has 0 atom stereocenters.